The molecule has 1 aliphatic heterocycles. The van der Waals surface area contributed by atoms with E-state index in [2.05, 4.69) is 62.6 Å². The molecule has 3 aromatic rings. The Labute approximate surface area is 224 Å². The summed E-state index contributed by atoms with van der Waals surface area (Å²) in [4.78, 5) is 26.7. The van der Waals surface area contributed by atoms with E-state index in [4.69, 9.17) is 4.98 Å². The van der Waals surface area contributed by atoms with Crippen molar-refractivity contribution in [3.05, 3.63) is 89.1 Å². The average Bonchev–Trinajstić information content (AvgIpc) is 3.76. The highest BCUT2D eigenvalue weighted by atomic mass is 32.2. The Bertz CT molecular complexity index is 1200. The predicted octanol–water partition coefficient (Wildman–Crippen LogP) is 5.05. The SMILES string of the molecule is Cc1cc(N2CCN(C/C=C/c3ccccc3)CC2)nc(SCc2ccc(C(=O)NCC3CC3)cc2)n1. The first kappa shape index (κ1) is 25.5. The number of amides is 1. The number of benzene rings is 2. The van der Waals surface area contributed by atoms with E-state index in [1.807, 2.05) is 37.3 Å². The summed E-state index contributed by atoms with van der Waals surface area (Å²) in [5, 5.41) is 3.83. The van der Waals surface area contributed by atoms with Gasteiger partial charge in [-0.3, -0.25) is 9.69 Å². The molecule has 0 spiro atoms. The van der Waals surface area contributed by atoms with Gasteiger partial charge in [-0.2, -0.15) is 0 Å². The first-order valence-electron chi connectivity index (χ1n) is 13.2. The van der Waals surface area contributed by atoms with Crippen LogP contribution in [0.3, 0.4) is 0 Å². The summed E-state index contributed by atoms with van der Waals surface area (Å²) >= 11 is 1.64. The minimum absolute atomic E-state index is 0.0186. The van der Waals surface area contributed by atoms with Crippen LogP contribution in [-0.4, -0.2) is 60.0 Å². The molecule has 6 nitrogen and oxygen atoms in total. The van der Waals surface area contributed by atoms with Crippen molar-refractivity contribution in [1.82, 2.24) is 20.2 Å². The van der Waals surface area contributed by atoms with Gasteiger partial charge in [0, 0.05) is 62.3 Å². The van der Waals surface area contributed by atoms with Crippen LogP contribution in [0.5, 0.6) is 0 Å². The Hall–Kier alpha value is -3.16. The summed E-state index contributed by atoms with van der Waals surface area (Å²) in [5.41, 5.74) is 4.11. The zero-order chi connectivity index (χ0) is 25.5. The lowest BCUT2D eigenvalue weighted by Gasteiger charge is -2.35. The molecule has 1 saturated carbocycles. The summed E-state index contributed by atoms with van der Waals surface area (Å²) < 4.78 is 0. The van der Waals surface area contributed by atoms with Crippen LogP contribution < -0.4 is 10.2 Å². The van der Waals surface area contributed by atoms with Crippen LogP contribution >= 0.6 is 11.8 Å². The molecule has 1 aliphatic carbocycles. The fourth-order valence-corrected chi connectivity index (χ4v) is 5.23. The van der Waals surface area contributed by atoms with Gasteiger partial charge in [-0.1, -0.05) is 66.4 Å². The van der Waals surface area contributed by atoms with E-state index in [0.29, 0.717) is 5.92 Å². The number of piperazine rings is 1. The molecule has 2 heterocycles. The third-order valence-corrected chi connectivity index (χ3v) is 7.74. The number of hydrogen-bond acceptors (Lipinski definition) is 6. The van der Waals surface area contributed by atoms with Gasteiger partial charge in [-0.05, 0) is 48.9 Å². The molecule has 37 heavy (non-hydrogen) atoms. The van der Waals surface area contributed by atoms with Crippen molar-refractivity contribution in [2.75, 3.05) is 44.2 Å². The highest BCUT2D eigenvalue weighted by molar-refractivity contribution is 7.98. The average molecular weight is 514 g/mol. The lowest BCUT2D eigenvalue weighted by Crippen LogP contribution is -2.46. The molecule has 1 N–H and O–H groups in total. The van der Waals surface area contributed by atoms with Crippen molar-refractivity contribution in [2.45, 2.75) is 30.7 Å². The number of carbonyl (C=O) groups excluding carboxylic acids is 1. The van der Waals surface area contributed by atoms with Gasteiger partial charge in [0.05, 0.1) is 0 Å². The minimum atomic E-state index is 0.0186. The van der Waals surface area contributed by atoms with Gasteiger partial charge in [0.25, 0.3) is 5.91 Å². The van der Waals surface area contributed by atoms with Gasteiger partial charge in [0.15, 0.2) is 5.16 Å². The maximum absolute atomic E-state index is 12.3. The first-order valence-corrected chi connectivity index (χ1v) is 14.2. The summed E-state index contributed by atoms with van der Waals surface area (Å²) in [6.07, 6.45) is 6.92. The lowest BCUT2D eigenvalue weighted by molar-refractivity contribution is 0.0952. The van der Waals surface area contributed by atoms with Crippen LogP contribution in [0.4, 0.5) is 5.82 Å². The lowest BCUT2D eigenvalue weighted by atomic mass is 10.1. The number of rotatable bonds is 10. The van der Waals surface area contributed by atoms with Gasteiger partial charge in [0.2, 0.25) is 0 Å². The van der Waals surface area contributed by atoms with Gasteiger partial charge in [0.1, 0.15) is 5.82 Å². The normalized spacial score (nSPS) is 16.3. The number of nitrogens with one attached hydrogen (secondary N) is 1. The van der Waals surface area contributed by atoms with Crippen molar-refractivity contribution in [1.29, 1.82) is 0 Å². The Balaban J connectivity index is 1.10. The maximum atomic E-state index is 12.3. The zero-order valence-corrected chi connectivity index (χ0v) is 22.3. The molecule has 0 bridgehead atoms. The van der Waals surface area contributed by atoms with Gasteiger partial charge in [-0.25, -0.2) is 9.97 Å². The van der Waals surface area contributed by atoms with Crippen LogP contribution in [-0.2, 0) is 5.75 Å². The quantitative estimate of drug-likeness (QED) is 0.302. The number of thioether (sulfide) groups is 1. The van der Waals surface area contributed by atoms with Crippen LogP contribution in [0.15, 0.2) is 71.9 Å². The second-order valence-electron chi connectivity index (χ2n) is 9.89. The molecule has 5 rings (SSSR count). The Morgan fingerprint density at radius 1 is 1.03 bits per heavy atom. The van der Waals surface area contributed by atoms with E-state index in [0.717, 1.165) is 72.8 Å². The highest BCUT2D eigenvalue weighted by Gasteiger charge is 2.22. The number of aryl methyl sites for hydroxylation is 1. The van der Waals surface area contributed by atoms with Crippen LogP contribution in [0.25, 0.3) is 6.08 Å². The topological polar surface area (TPSA) is 61.4 Å². The summed E-state index contributed by atoms with van der Waals surface area (Å²) in [7, 11) is 0. The number of aromatic nitrogens is 2. The van der Waals surface area contributed by atoms with Gasteiger partial charge >= 0.3 is 0 Å². The second kappa shape index (κ2) is 12.4. The van der Waals surface area contributed by atoms with E-state index in [1.54, 1.807) is 11.8 Å². The van der Waals surface area contributed by atoms with Crippen LogP contribution in [0.1, 0.15) is 40.0 Å². The zero-order valence-electron chi connectivity index (χ0n) is 21.5. The molecular weight excluding hydrogens is 478 g/mol. The molecule has 1 saturated heterocycles. The van der Waals surface area contributed by atoms with E-state index in [-0.39, 0.29) is 5.91 Å². The molecule has 1 aromatic heterocycles. The summed E-state index contributed by atoms with van der Waals surface area (Å²) in [5.74, 6) is 2.49. The Morgan fingerprint density at radius 3 is 2.51 bits per heavy atom. The summed E-state index contributed by atoms with van der Waals surface area (Å²) in [6.45, 7) is 7.76. The summed E-state index contributed by atoms with van der Waals surface area (Å²) in [6, 6.07) is 20.4. The predicted molar refractivity (Wildman–Crippen MR) is 152 cm³/mol. The molecule has 2 aliphatic rings. The fraction of sp³-hybridized carbons (Fsp3) is 0.367. The molecule has 0 unspecified atom stereocenters. The molecule has 192 valence electrons. The van der Waals surface area contributed by atoms with Crippen molar-refractivity contribution in [3.8, 4) is 0 Å². The Morgan fingerprint density at radius 2 is 1.78 bits per heavy atom. The molecule has 2 fully saturated rings. The molecule has 0 radical (unpaired) electrons. The van der Waals surface area contributed by atoms with E-state index < -0.39 is 0 Å². The number of hydrogen-bond donors (Lipinski definition) is 1. The molecule has 0 atom stereocenters. The van der Waals surface area contributed by atoms with E-state index >= 15 is 0 Å². The highest BCUT2D eigenvalue weighted by Crippen LogP contribution is 2.28. The first-order chi connectivity index (χ1) is 18.1. The number of anilines is 1. The van der Waals surface area contributed by atoms with Crippen molar-refractivity contribution in [2.24, 2.45) is 5.92 Å². The van der Waals surface area contributed by atoms with E-state index in [1.165, 1.54) is 18.4 Å². The van der Waals surface area contributed by atoms with Crippen LogP contribution in [0.2, 0.25) is 0 Å². The van der Waals surface area contributed by atoms with Crippen LogP contribution in [0, 0.1) is 12.8 Å². The largest absolute Gasteiger partial charge is 0.354 e. The molecule has 1 amide bonds. The maximum Gasteiger partial charge on any atom is 0.251 e. The van der Waals surface area contributed by atoms with Crippen molar-refractivity contribution in [3.63, 3.8) is 0 Å². The fourth-order valence-electron chi connectivity index (χ4n) is 4.37. The van der Waals surface area contributed by atoms with Gasteiger partial charge < -0.3 is 10.2 Å². The number of nitrogens with zero attached hydrogens (tertiary/aromatic N) is 4. The van der Waals surface area contributed by atoms with Gasteiger partial charge in [-0.15, -0.1) is 0 Å². The second-order valence-corrected chi connectivity index (χ2v) is 10.8. The third-order valence-electron chi connectivity index (χ3n) is 6.82. The molecule has 2 aromatic carbocycles. The Kier molecular flexibility index (Phi) is 8.53. The van der Waals surface area contributed by atoms with E-state index in [9.17, 15) is 4.79 Å². The molecule has 7 heteroatoms. The smallest absolute Gasteiger partial charge is 0.251 e. The third kappa shape index (κ3) is 7.66. The minimum Gasteiger partial charge on any atom is -0.354 e. The monoisotopic (exact) mass is 513 g/mol. The number of carbonyl (C=O) groups is 1. The standard InChI is InChI=1S/C30H35N5OS/c1-23-20-28(35-18-16-34(17-19-35)15-5-8-24-6-3-2-4-7-24)33-30(32-23)37-22-26-11-13-27(14-12-26)29(36)31-21-25-9-10-25/h2-8,11-14,20,25H,9-10,15-19,21-22H2,1H3,(H,31,36)/b8-5+. The van der Waals surface area contributed by atoms with Crippen molar-refractivity contribution >= 4 is 29.6 Å². The van der Waals surface area contributed by atoms with Crippen molar-refractivity contribution < 1.29 is 4.79 Å². The molecular formula is C30H35N5OS.